The van der Waals surface area contributed by atoms with Gasteiger partial charge in [-0.15, -0.1) is 12.4 Å². The van der Waals surface area contributed by atoms with E-state index in [1.54, 1.807) is 0 Å². The van der Waals surface area contributed by atoms with Crippen molar-refractivity contribution in [1.29, 1.82) is 0 Å². The van der Waals surface area contributed by atoms with Crippen molar-refractivity contribution in [2.45, 2.75) is 44.7 Å². The Kier molecular flexibility index (Phi) is 6.26. The quantitative estimate of drug-likeness (QED) is 0.464. The van der Waals surface area contributed by atoms with Crippen molar-refractivity contribution in [1.82, 2.24) is 14.5 Å². The van der Waals surface area contributed by atoms with Crippen LogP contribution in [-0.2, 0) is 26.4 Å². The monoisotopic (exact) mass is 472 g/mol. The first kappa shape index (κ1) is 23.4. The lowest BCUT2D eigenvalue weighted by molar-refractivity contribution is 0.0691. The average Bonchev–Trinajstić information content (AvgIpc) is 2.93. The molecule has 1 aliphatic carbocycles. The van der Waals surface area contributed by atoms with E-state index in [2.05, 4.69) is 39.7 Å². The fourth-order valence-corrected chi connectivity index (χ4v) is 5.17. The van der Waals surface area contributed by atoms with Gasteiger partial charge in [0.2, 0.25) is 0 Å². The number of fused-ring (bicyclic) bond motifs is 4. The molecule has 0 unspecified atom stereocenters. The Morgan fingerprint density at radius 2 is 1.94 bits per heavy atom. The van der Waals surface area contributed by atoms with Gasteiger partial charge in [-0.1, -0.05) is 0 Å². The van der Waals surface area contributed by atoms with Gasteiger partial charge < -0.3 is 25.5 Å². The molecule has 0 spiro atoms. The molecule has 5 rings (SSSR count). The Morgan fingerprint density at radius 3 is 2.64 bits per heavy atom. The molecule has 1 saturated heterocycles. The lowest BCUT2D eigenvalue weighted by Gasteiger charge is -2.30. The van der Waals surface area contributed by atoms with Gasteiger partial charge in [-0.05, 0) is 55.9 Å². The molecule has 1 fully saturated rings. The van der Waals surface area contributed by atoms with Crippen LogP contribution < -0.4 is 11.3 Å². The number of aromatic hydroxyl groups is 1. The minimum Gasteiger partial charge on any atom is -0.506 e. The van der Waals surface area contributed by atoms with Crippen molar-refractivity contribution in [2.75, 3.05) is 13.1 Å². The summed E-state index contributed by atoms with van der Waals surface area (Å²) in [6, 6.07) is 6.70. The smallest absolute Gasteiger partial charge is 0.345 e. The third-order valence-corrected chi connectivity index (χ3v) is 7.03. The zero-order valence-electron chi connectivity index (χ0n) is 18.6. The van der Waals surface area contributed by atoms with E-state index in [1.165, 1.54) is 5.69 Å². The minimum atomic E-state index is -1.42. The van der Waals surface area contributed by atoms with Crippen molar-refractivity contribution in [3.63, 3.8) is 0 Å². The van der Waals surface area contributed by atoms with Crippen molar-refractivity contribution in [3.05, 3.63) is 50.9 Å². The number of aromatic carboxylic acids is 1. The summed E-state index contributed by atoms with van der Waals surface area (Å²) < 4.78 is 2.23. The molecule has 176 valence electrons. The SMILES string of the molecule is Cl.Cn1c(CN2CCC(N)CC2)cc2cc3c(cc21)CCCc1c-3[nH]c(=O)c(C(=O)O)c1O. The normalized spacial score (nSPS) is 16.7. The maximum atomic E-state index is 12.4. The highest BCUT2D eigenvalue weighted by molar-refractivity contribution is 5.93. The average molecular weight is 473 g/mol. The van der Waals surface area contributed by atoms with Gasteiger partial charge in [-0.2, -0.15) is 0 Å². The van der Waals surface area contributed by atoms with Gasteiger partial charge in [0, 0.05) is 60.4 Å². The van der Waals surface area contributed by atoms with Crippen molar-refractivity contribution < 1.29 is 15.0 Å². The molecule has 0 saturated carbocycles. The number of rotatable bonds is 3. The highest BCUT2D eigenvalue weighted by Gasteiger charge is 2.26. The predicted molar refractivity (Wildman–Crippen MR) is 129 cm³/mol. The number of carboxylic acid groups (broad SMARTS) is 1. The highest BCUT2D eigenvalue weighted by Crippen LogP contribution is 2.38. The summed E-state index contributed by atoms with van der Waals surface area (Å²) in [7, 11) is 2.08. The van der Waals surface area contributed by atoms with Crippen molar-refractivity contribution in [2.24, 2.45) is 12.8 Å². The van der Waals surface area contributed by atoms with Crippen LogP contribution >= 0.6 is 12.4 Å². The third kappa shape index (κ3) is 4.03. The Morgan fingerprint density at radius 1 is 1.21 bits per heavy atom. The summed E-state index contributed by atoms with van der Waals surface area (Å²) in [5.41, 5.74) is 10.00. The van der Waals surface area contributed by atoms with E-state index in [4.69, 9.17) is 5.73 Å². The van der Waals surface area contributed by atoms with Gasteiger partial charge >= 0.3 is 5.97 Å². The molecular weight excluding hydrogens is 444 g/mol. The van der Waals surface area contributed by atoms with E-state index in [9.17, 15) is 19.8 Å². The maximum Gasteiger partial charge on any atom is 0.345 e. The Bertz CT molecular complexity index is 1290. The third-order valence-electron chi connectivity index (χ3n) is 7.03. The van der Waals surface area contributed by atoms with Gasteiger partial charge in [-0.3, -0.25) is 9.69 Å². The number of hydrogen-bond acceptors (Lipinski definition) is 5. The maximum absolute atomic E-state index is 12.4. The lowest BCUT2D eigenvalue weighted by atomic mass is 9.98. The number of aromatic nitrogens is 2. The van der Waals surface area contributed by atoms with E-state index in [1.807, 2.05) is 0 Å². The molecular formula is C24H29ClN4O4. The van der Waals surface area contributed by atoms with Gasteiger partial charge in [0.05, 0.1) is 5.69 Å². The number of H-pyrrole nitrogens is 1. The van der Waals surface area contributed by atoms with Crippen LogP contribution in [0.5, 0.6) is 5.75 Å². The number of pyridine rings is 1. The summed E-state index contributed by atoms with van der Waals surface area (Å²) >= 11 is 0. The molecule has 0 amide bonds. The zero-order valence-corrected chi connectivity index (χ0v) is 19.4. The zero-order chi connectivity index (χ0) is 22.6. The van der Waals surface area contributed by atoms with Crippen LogP contribution in [0.15, 0.2) is 23.0 Å². The number of nitrogens with two attached hydrogens (primary N) is 1. The first-order valence-corrected chi connectivity index (χ1v) is 11.1. The summed E-state index contributed by atoms with van der Waals surface area (Å²) in [4.78, 5) is 29.1. The molecule has 0 bridgehead atoms. The van der Waals surface area contributed by atoms with Gasteiger partial charge in [0.1, 0.15) is 5.75 Å². The van der Waals surface area contributed by atoms with Crippen LogP contribution in [0.3, 0.4) is 0 Å². The predicted octanol–water partition coefficient (Wildman–Crippen LogP) is 2.77. The topological polar surface area (TPSA) is 125 Å². The van der Waals surface area contributed by atoms with E-state index in [0.29, 0.717) is 23.7 Å². The number of aromatic amines is 1. The van der Waals surface area contributed by atoms with Crippen LogP contribution in [0.2, 0.25) is 0 Å². The molecule has 1 aliphatic heterocycles. The summed E-state index contributed by atoms with van der Waals surface area (Å²) in [5, 5.41) is 21.0. The molecule has 8 nitrogen and oxygen atoms in total. The Labute approximate surface area is 197 Å². The molecule has 0 radical (unpaired) electrons. The van der Waals surface area contributed by atoms with Gasteiger partial charge in [0.25, 0.3) is 5.56 Å². The highest BCUT2D eigenvalue weighted by atomic mass is 35.5. The summed E-state index contributed by atoms with van der Waals surface area (Å²) in [5.74, 6) is -1.83. The number of likely N-dealkylation sites (tertiary alicyclic amines) is 1. The Balaban J connectivity index is 0.00000259. The van der Waals surface area contributed by atoms with E-state index in [-0.39, 0.29) is 12.4 Å². The molecule has 33 heavy (non-hydrogen) atoms. The molecule has 9 heteroatoms. The number of aryl methyl sites for hydroxylation is 2. The first-order valence-electron chi connectivity index (χ1n) is 11.1. The first-order chi connectivity index (χ1) is 15.3. The van der Waals surface area contributed by atoms with Crippen molar-refractivity contribution >= 4 is 29.3 Å². The van der Waals surface area contributed by atoms with E-state index in [0.717, 1.165) is 67.3 Å². The number of benzene rings is 1. The summed E-state index contributed by atoms with van der Waals surface area (Å²) in [6.45, 7) is 2.86. The number of carbonyl (C=O) groups is 1. The number of halogens is 1. The molecule has 1 aromatic carbocycles. The largest absolute Gasteiger partial charge is 0.506 e. The fourth-order valence-electron chi connectivity index (χ4n) is 5.17. The molecule has 5 N–H and O–H groups in total. The number of piperidine rings is 1. The minimum absolute atomic E-state index is 0. The van der Waals surface area contributed by atoms with Crippen LogP contribution in [0.1, 0.15) is 46.4 Å². The van der Waals surface area contributed by atoms with Gasteiger partial charge in [0.15, 0.2) is 5.56 Å². The van der Waals surface area contributed by atoms with Crippen LogP contribution in [0, 0.1) is 0 Å². The van der Waals surface area contributed by atoms with Crippen LogP contribution in [0.4, 0.5) is 0 Å². The second-order valence-electron chi connectivity index (χ2n) is 9.07. The molecule has 2 aliphatic rings. The molecule has 2 aromatic heterocycles. The van der Waals surface area contributed by atoms with Crippen LogP contribution in [-0.4, -0.2) is 49.8 Å². The second-order valence-corrected chi connectivity index (χ2v) is 9.07. The number of hydrogen-bond donors (Lipinski definition) is 4. The van der Waals surface area contributed by atoms with Crippen LogP contribution in [0.25, 0.3) is 22.2 Å². The van der Waals surface area contributed by atoms with E-state index < -0.39 is 22.8 Å². The molecule has 3 aromatic rings. The van der Waals surface area contributed by atoms with E-state index >= 15 is 0 Å². The lowest BCUT2D eigenvalue weighted by Crippen LogP contribution is -2.39. The standard InChI is InChI=1S/C24H28N4O4.ClH/c1-27-16(12-28-7-5-15(25)6-8-28)9-14-10-18-13(11-19(14)27)3-2-4-17-21(18)26-23(30)20(22(17)29)24(31)32;/h9-11,15H,2-8,12,25H2,1H3,(H,31,32)(H2,26,29,30);1H. The van der Waals surface area contributed by atoms with Gasteiger partial charge in [-0.25, -0.2) is 4.79 Å². The summed E-state index contributed by atoms with van der Waals surface area (Å²) in [6.07, 6.45) is 4.09. The second kappa shape index (κ2) is 8.85. The van der Waals surface area contributed by atoms with Crippen molar-refractivity contribution in [3.8, 4) is 17.0 Å². The number of carboxylic acids is 1. The number of nitrogens with zero attached hydrogens (tertiary/aromatic N) is 2. The molecule has 0 atom stereocenters. The molecule has 3 heterocycles. The fraction of sp³-hybridized carbons (Fsp3) is 0.417. The number of nitrogens with one attached hydrogen (secondary N) is 1. The Hall–Kier alpha value is -2.81.